The third kappa shape index (κ3) is 12.3. The van der Waals surface area contributed by atoms with Crippen molar-refractivity contribution in [2.75, 3.05) is 0 Å². The second-order valence-electron chi connectivity index (χ2n) is 24.3. The van der Waals surface area contributed by atoms with Crippen molar-refractivity contribution >= 4 is 74.9 Å². The summed E-state index contributed by atoms with van der Waals surface area (Å²) in [6, 6.07) is 16.3. The summed E-state index contributed by atoms with van der Waals surface area (Å²) in [6.07, 6.45) is -1.12. The fourth-order valence-corrected chi connectivity index (χ4v) is 10.6. The van der Waals surface area contributed by atoms with Gasteiger partial charge < -0.3 is 41.9 Å². The van der Waals surface area contributed by atoms with E-state index in [-0.39, 0.29) is 31.7 Å². The molecule has 0 spiro atoms. The number of Topliss-reactive ketones (excluding diaryl/α,β-unsaturated/α-hetero) is 1. The number of nitrogens with one attached hydrogen (secondary N) is 2. The van der Waals surface area contributed by atoms with Gasteiger partial charge in [-0.25, -0.2) is 18.7 Å². The Kier molecular flexibility index (Phi) is 16.0. The van der Waals surface area contributed by atoms with E-state index in [0.717, 1.165) is 0 Å². The number of rotatable bonds is 12. The van der Waals surface area contributed by atoms with Gasteiger partial charge in [-0.3, -0.25) is 25.0 Å². The average molecular weight is 1110 g/mol. The molecule has 2 aromatic heterocycles. The Balaban J connectivity index is 1.21. The fourth-order valence-electron chi connectivity index (χ4n) is 10.1. The molecule has 0 saturated carbocycles. The zero-order chi connectivity index (χ0) is 57.3. The normalized spacial score (nSPS) is 17.3. The summed E-state index contributed by atoms with van der Waals surface area (Å²) in [4.78, 5) is 70.2. The van der Waals surface area contributed by atoms with Crippen molar-refractivity contribution in [2.45, 2.75) is 168 Å². The Hall–Kier alpha value is -6.15. The molecule has 17 nitrogen and oxygen atoms in total. The predicted octanol–water partition coefficient (Wildman–Crippen LogP) is 10.5. The summed E-state index contributed by atoms with van der Waals surface area (Å²) in [5.74, 6) is -1.41. The standard InChI is InChI=1S/C59H72Cl2N8O9/c1-56(2,3)75-52(71)41(64)25-39(62)29-13-19-43-31(21-29)23-45(68(43)54(73)77-58(7,8)9)33-15-17-37(60)35-27-66-49(47(33)35)51(70)50-48-34(16-18-38(61)36(48)28-67-50)46-24-32-22-30(40(63)26-42(65)53(72)76-57(4,5)6)14-20-44(32)69(46)55(74)78-59(10,11)12/h13-24,39-42,49-50,66-67H,25-28,62-65H2,1-12H3. The number of carbonyl (C=O) groups excluding carboxylic acids is 5. The minimum Gasteiger partial charge on any atom is -0.459 e. The summed E-state index contributed by atoms with van der Waals surface area (Å²) in [6.45, 7) is 21.7. The van der Waals surface area contributed by atoms with Gasteiger partial charge in [-0.15, -0.1) is 0 Å². The van der Waals surface area contributed by atoms with Gasteiger partial charge in [0.15, 0.2) is 5.78 Å². The highest BCUT2D eigenvalue weighted by Crippen LogP contribution is 2.47. The van der Waals surface area contributed by atoms with Crippen LogP contribution in [0.5, 0.6) is 0 Å². The van der Waals surface area contributed by atoms with Gasteiger partial charge in [-0.2, -0.15) is 0 Å². The Morgan fingerprint density at radius 1 is 0.526 bits per heavy atom. The number of benzene rings is 4. The first-order chi connectivity index (χ1) is 36.2. The molecule has 4 heterocycles. The van der Waals surface area contributed by atoms with Gasteiger partial charge in [0.2, 0.25) is 0 Å². The van der Waals surface area contributed by atoms with Crippen molar-refractivity contribution in [2.24, 2.45) is 22.9 Å². The molecule has 0 amide bonds. The molecule has 6 aromatic rings. The molecule has 416 valence electrons. The van der Waals surface area contributed by atoms with Gasteiger partial charge in [-0.1, -0.05) is 47.5 Å². The van der Waals surface area contributed by atoms with Gasteiger partial charge >= 0.3 is 24.1 Å². The van der Waals surface area contributed by atoms with E-state index in [9.17, 15) is 19.2 Å². The van der Waals surface area contributed by atoms with Crippen molar-refractivity contribution in [1.82, 2.24) is 19.8 Å². The summed E-state index contributed by atoms with van der Waals surface area (Å²) in [5, 5.41) is 8.98. The molecule has 0 aliphatic carbocycles. The Morgan fingerprint density at radius 2 is 0.872 bits per heavy atom. The van der Waals surface area contributed by atoms with Gasteiger partial charge in [0.05, 0.1) is 34.5 Å². The highest BCUT2D eigenvalue weighted by molar-refractivity contribution is 6.32. The quantitative estimate of drug-likeness (QED) is 0.0492. The lowest BCUT2D eigenvalue weighted by Gasteiger charge is -2.24. The molecule has 78 heavy (non-hydrogen) atoms. The predicted molar refractivity (Wildman–Crippen MR) is 303 cm³/mol. The van der Waals surface area contributed by atoms with E-state index in [0.29, 0.717) is 87.7 Å². The smallest absolute Gasteiger partial charge is 0.419 e. The number of nitrogens with two attached hydrogens (primary N) is 4. The monoisotopic (exact) mass is 1110 g/mol. The molecule has 4 aromatic carbocycles. The molecule has 8 rings (SSSR count). The summed E-state index contributed by atoms with van der Waals surface area (Å²) in [5.41, 5.74) is 29.5. The van der Waals surface area contributed by atoms with E-state index in [1.807, 2.05) is 24.3 Å². The molecule has 10 N–H and O–H groups in total. The third-order valence-corrected chi connectivity index (χ3v) is 14.1. The average Bonchev–Trinajstić information content (AvgIpc) is 4.31. The van der Waals surface area contributed by atoms with Gasteiger partial charge in [-0.05, 0) is 178 Å². The lowest BCUT2D eigenvalue weighted by atomic mass is 9.87. The molecule has 6 unspecified atom stereocenters. The van der Waals surface area contributed by atoms with Crippen LogP contribution in [0, 0.1) is 0 Å². The molecule has 6 atom stereocenters. The van der Waals surface area contributed by atoms with Crippen LogP contribution < -0.4 is 33.6 Å². The van der Waals surface area contributed by atoms with Gasteiger partial charge in [0.25, 0.3) is 0 Å². The number of ketones is 1. The number of nitrogens with zero attached hydrogens (tertiary/aromatic N) is 2. The van der Waals surface area contributed by atoms with Gasteiger partial charge in [0, 0.05) is 57.1 Å². The highest BCUT2D eigenvalue weighted by Gasteiger charge is 2.42. The number of halogens is 2. The third-order valence-electron chi connectivity index (χ3n) is 13.4. The van der Waals surface area contributed by atoms with Crippen LogP contribution in [0.15, 0.2) is 72.8 Å². The number of carbonyl (C=O) groups is 5. The maximum Gasteiger partial charge on any atom is 0.419 e. The maximum absolute atomic E-state index is 15.7. The Morgan fingerprint density at radius 3 is 1.21 bits per heavy atom. The van der Waals surface area contributed by atoms with E-state index < -0.39 is 82.8 Å². The van der Waals surface area contributed by atoms with Crippen LogP contribution in [0.2, 0.25) is 10.0 Å². The molecule has 2 aliphatic rings. The first kappa shape index (κ1) is 58.0. The molecule has 0 fully saturated rings. The molecule has 0 radical (unpaired) electrons. The van der Waals surface area contributed by atoms with Crippen LogP contribution in [0.25, 0.3) is 44.3 Å². The van der Waals surface area contributed by atoms with Gasteiger partial charge in [0.1, 0.15) is 34.5 Å². The number of hydrogen-bond acceptors (Lipinski definition) is 15. The van der Waals surface area contributed by atoms with Crippen LogP contribution in [0.4, 0.5) is 9.59 Å². The van der Waals surface area contributed by atoms with Crippen LogP contribution in [0.3, 0.4) is 0 Å². The Bertz CT molecular complexity index is 3150. The first-order valence-corrected chi connectivity index (χ1v) is 26.8. The molecular formula is C59H72Cl2N8O9. The summed E-state index contributed by atoms with van der Waals surface area (Å²) >= 11 is 14.0. The number of aromatic nitrogens is 2. The largest absolute Gasteiger partial charge is 0.459 e. The van der Waals surface area contributed by atoms with Crippen molar-refractivity contribution in [1.29, 1.82) is 0 Å². The maximum atomic E-state index is 15.7. The SMILES string of the molecule is CC(C)(C)OC(=O)C(N)CC(N)c1ccc2c(c1)cc(-c1ccc(Cl)c3c1C(C(=O)C1NCc4c(Cl)ccc(-c5cc6cc(C(N)CC(N)C(=O)OC(C)(C)C)ccc6n5C(=O)OC(C)(C)C)c41)NC3)n2C(=O)OC(C)(C)C. The van der Waals surface area contributed by atoms with Crippen molar-refractivity contribution in [3.63, 3.8) is 0 Å². The number of esters is 2. The van der Waals surface area contributed by atoms with Crippen LogP contribution in [0.1, 0.15) is 153 Å². The minimum atomic E-state index is -0.985. The minimum absolute atomic E-state index is 0.0959. The summed E-state index contributed by atoms with van der Waals surface area (Å²) in [7, 11) is 0. The van der Waals surface area contributed by atoms with E-state index in [1.54, 1.807) is 132 Å². The van der Waals surface area contributed by atoms with Crippen molar-refractivity contribution in [3.8, 4) is 22.5 Å². The number of fused-ring (bicyclic) bond motifs is 4. The lowest BCUT2D eigenvalue weighted by Crippen LogP contribution is -2.39. The van der Waals surface area contributed by atoms with Crippen LogP contribution >= 0.6 is 23.2 Å². The highest BCUT2D eigenvalue weighted by atomic mass is 35.5. The van der Waals surface area contributed by atoms with E-state index >= 15 is 4.79 Å². The second kappa shape index (κ2) is 21.5. The zero-order valence-corrected chi connectivity index (χ0v) is 47.9. The molecular weight excluding hydrogens is 1040 g/mol. The lowest BCUT2D eigenvalue weighted by molar-refractivity contribution is -0.157. The molecule has 0 saturated heterocycles. The number of hydrogen-bond donors (Lipinski definition) is 6. The fraction of sp³-hybridized carbons (Fsp3) is 0.441. The van der Waals surface area contributed by atoms with Crippen molar-refractivity contribution < 1.29 is 42.9 Å². The number of ether oxygens (including phenoxy) is 4. The van der Waals surface area contributed by atoms with E-state index in [1.165, 1.54) is 9.13 Å². The topological polar surface area (TPSA) is 260 Å². The van der Waals surface area contributed by atoms with Crippen LogP contribution in [-0.4, -0.2) is 73.5 Å². The van der Waals surface area contributed by atoms with E-state index in [2.05, 4.69) is 10.6 Å². The van der Waals surface area contributed by atoms with Crippen molar-refractivity contribution in [3.05, 3.63) is 116 Å². The molecule has 19 heteroatoms. The Labute approximate surface area is 464 Å². The first-order valence-electron chi connectivity index (χ1n) is 26.1. The van der Waals surface area contributed by atoms with E-state index in [4.69, 9.17) is 65.1 Å². The second-order valence-corrected chi connectivity index (χ2v) is 25.1. The summed E-state index contributed by atoms with van der Waals surface area (Å²) < 4.78 is 26.0. The van der Waals surface area contributed by atoms with Crippen LogP contribution in [-0.2, 0) is 46.4 Å². The molecule has 0 bridgehead atoms. The molecule has 2 aliphatic heterocycles. The zero-order valence-electron chi connectivity index (χ0n) is 46.4.